The molecule has 28 heavy (non-hydrogen) atoms. The minimum absolute atomic E-state index is 0.00536. The highest BCUT2D eigenvalue weighted by Crippen LogP contribution is 2.36. The fraction of sp³-hybridized carbons (Fsp3) is 0.381. The molecule has 0 fully saturated rings. The van der Waals surface area contributed by atoms with E-state index in [9.17, 15) is 18.0 Å². The topological polar surface area (TPSA) is 47.6 Å². The fourth-order valence-electron chi connectivity index (χ4n) is 2.39. The second kappa shape index (κ2) is 10.7. The molecule has 2 aromatic carbocycles. The van der Waals surface area contributed by atoms with Gasteiger partial charge in [-0.05, 0) is 49.4 Å². The van der Waals surface area contributed by atoms with Crippen molar-refractivity contribution in [3.8, 4) is 16.9 Å². The van der Waals surface area contributed by atoms with Gasteiger partial charge in [0.2, 0.25) is 0 Å². The van der Waals surface area contributed by atoms with Crippen molar-refractivity contribution in [2.24, 2.45) is 0 Å². The van der Waals surface area contributed by atoms with Crippen LogP contribution in [0.15, 0.2) is 42.5 Å². The van der Waals surface area contributed by atoms with Crippen LogP contribution >= 0.6 is 0 Å². The molecule has 0 aliphatic rings. The standard InChI is InChI=1S/C19H20F3NO3.C2H6/c1-12(23-2)13-7-8-17(26-11-18(24)25-3)16(10-13)14-5-4-6-15(9-14)19(20,21)22;1-2/h4-10,12,23H,11H2,1-3H3;1-2H3. The summed E-state index contributed by atoms with van der Waals surface area (Å²) in [5.74, 6) is -0.269. The Labute approximate surface area is 163 Å². The van der Waals surface area contributed by atoms with Crippen molar-refractivity contribution in [3.05, 3.63) is 53.6 Å². The predicted molar refractivity (Wildman–Crippen MR) is 103 cm³/mol. The Morgan fingerprint density at radius 1 is 1.14 bits per heavy atom. The summed E-state index contributed by atoms with van der Waals surface area (Å²) in [6, 6.07) is 10.2. The normalized spacial score (nSPS) is 11.9. The average Bonchev–Trinajstić information content (AvgIpc) is 2.72. The molecule has 4 nitrogen and oxygen atoms in total. The van der Waals surface area contributed by atoms with Gasteiger partial charge in [-0.15, -0.1) is 0 Å². The molecule has 154 valence electrons. The minimum atomic E-state index is -4.45. The molecule has 0 aliphatic carbocycles. The van der Waals surface area contributed by atoms with Gasteiger partial charge in [-0.3, -0.25) is 0 Å². The van der Waals surface area contributed by atoms with E-state index in [1.807, 2.05) is 20.8 Å². The van der Waals surface area contributed by atoms with Crippen molar-refractivity contribution >= 4 is 5.97 Å². The van der Waals surface area contributed by atoms with Gasteiger partial charge in [-0.1, -0.05) is 32.0 Å². The molecule has 0 aliphatic heterocycles. The monoisotopic (exact) mass is 397 g/mol. The van der Waals surface area contributed by atoms with E-state index in [4.69, 9.17) is 4.74 Å². The van der Waals surface area contributed by atoms with E-state index in [0.717, 1.165) is 17.7 Å². The lowest BCUT2D eigenvalue weighted by molar-refractivity contribution is -0.143. The highest BCUT2D eigenvalue weighted by atomic mass is 19.4. The largest absolute Gasteiger partial charge is 0.481 e. The first-order valence-electron chi connectivity index (χ1n) is 8.94. The number of hydrogen-bond donors (Lipinski definition) is 1. The van der Waals surface area contributed by atoms with Gasteiger partial charge in [-0.2, -0.15) is 13.2 Å². The zero-order valence-electron chi connectivity index (χ0n) is 16.7. The van der Waals surface area contributed by atoms with Gasteiger partial charge in [0, 0.05) is 11.6 Å². The van der Waals surface area contributed by atoms with E-state index in [0.29, 0.717) is 16.9 Å². The molecular weight excluding hydrogens is 371 g/mol. The predicted octanol–water partition coefficient (Wildman–Crippen LogP) is 5.23. The average molecular weight is 397 g/mol. The van der Waals surface area contributed by atoms with Crippen LogP contribution in [0.3, 0.4) is 0 Å². The number of ether oxygens (including phenoxy) is 2. The van der Waals surface area contributed by atoms with E-state index in [-0.39, 0.29) is 12.6 Å². The Bertz CT molecular complexity index is 776. The first kappa shape index (κ1) is 23.5. The number of carbonyl (C=O) groups is 1. The van der Waals surface area contributed by atoms with Crippen molar-refractivity contribution in [1.82, 2.24) is 5.32 Å². The number of halogens is 3. The number of esters is 1. The number of methoxy groups -OCH3 is 1. The van der Waals surface area contributed by atoms with Crippen LogP contribution in [0, 0.1) is 0 Å². The third-order valence-electron chi connectivity index (χ3n) is 4.01. The van der Waals surface area contributed by atoms with Crippen molar-refractivity contribution in [2.75, 3.05) is 20.8 Å². The Morgan fingerprint density at radius 3 is 2.39 bits per heavy atom. The molecule has 2 aromatic rings. The zero-order valence-corrected chi connectivity index (χ0v) is 16.7. The van der Waals surface area contributed by atoms with Crippen LogP contribution in [0.1, 0.15) is 37.9 Å². The van der Waals surface area contributed by atoms with E-state index >= 15 is 0 Å². The van der Waals surface area contributed by atoms with Crippen LogP contribution in [0.25, 0.3) is 11.1 Å². The molecule has 0 spiro atoms. The van der Waals surface area contributed by atoms with Crippen molar-refractivity contribution in [3.63, 3.8) is 0 Å². The molecule has 0 radical (unpaired) electrons. The van der Waals surface area contributed by atoms with Crippen LogP contribution in [-0.2, 0) is 15.7 Å². The second-order valence-corrected chi connectivity index (χ2v) is 5.71. The zero-order chi connectivity index (χ0) is 21.3. The lowest BCUT2D eigenvalue weighted by Gasteiger charge is -2.17. The van der Waals surface area contributed by atoms with Crippen molar-refractivity contribution in [1.29, 1.82) is 0 Å². The molecule has 0 bridgehead atoms. The third kappa shape index (κ3) is 6.27. The van der Waals surface area contributed by atoms with Gasteiger partial charge in [-0.25, -0.2) is 4.79 Å². The molecule has 0 aromatic heterocycles. The molecular formula is C21H26F3NO3. The highest BCUT2D eigenvalue weighted by Gasteiger charge is 2.30. The van der Waals surface area contributed by atoms with E-state index < -0.39 is 17.7 Å². The summed E-state index contributed by atoms with van der Waals surface area (Å²) in [7, 11) is 3.02. The summed E-state index contributed by atoms with van der Waals surface area (Å²) >= 11 is 0. The van der Waals surface area contributed by atoms with E-state index in [1.54, 1.807) is 31.3 Å². The lowest BCUT2D eigenvalue weighted by atomic mass is 9.97. The number of nitrogens with one attached hydrogen (secondary N) is 1. The van der Waals surface area contributed by atoms with Crippen LogP contribution in [0.5, 0.6) is 5.75 Å². The fourth-order valence-corrected chi connectivity index (χ4v) is 2.39. The number of carbonyl (C=O) groups excluding carboxylic acids is 1. The quantitative estimate of drug-likeness (QED) is 0.678. The molecule has 0 saturated carbocycles. The van der Waals surface area contributed by atoms with Crippen LogP contribution in [0.2, 0.25) is 0 Å². The number of rotatable bonds is 6. The van der Waals surface area contributed by atoms with Crippen molar-refractivity contribution < 1.29 is 27.4 Å². The molecule has 0 saturated heterocycles. The second-order valence-electron chi connectivity index (χ2n) is 5.71. The molecule has 7 heteroatoms. The molecule has 0 amide bonds. The third-order valence-corrected chi connectivity index (χ3v) is 4.01. The first-order chi connectivity index (χ1) is 13.3. The van der Waals surface area contributed by atoms with Crippen LogP contribution in [0.4, 0.5) is 13.2 Å². The minimum Gasteiger partial charge on any atom is -0.481 e. The first-order valence-corrected chi connectivity index (χ1v) is 8.94. The van der Waals surface area contributed by atoms with Gasteiger partial charge in [0.25, 0.3) is 0 Å². The Morgan fingerprint density at radius 2 is 1.82 bits per heavy atom. The highest BCUT2D eigenvalue weighted by molar-refractivity contribution is 5.74. The lowest BCUT2D eigenvalue weighted by Crippen LogP contribution is -2.14. The van der Waals surface area contributed by atoms with Gasteiger partial charge in [0.1, 0.15) is 5.75 Å². The van der Waals surface area contributed by atoms with Crippen LogP contribution < -0.4 is 10.1 Å². The summed E-state index contributed by atoms with van der Waals surface area (Å²) in [5.41, 5.74) is 0.954. The summed E-state index contributed by atoms with van der Waals surface area (Å²) in [6.45, 7) is 5.60. The smallest absolute Gasteiger partial charge is 0.416 e. The summed E-state index contributed by atoms with van der Waals surface area (Å²) < 4.78 is 49.1. The van der Waals surface area contributed by atoms with Gasteiger partial charge in [0.05, 0.1) is 12.7 Å². The number of hydrogen-bond acceptors (Lipinski definition) is 4. The number of benzene rings is 2. The summed E-state index contributed by atoms with van der Waals surface area (Å²) in [6.07, 6.45) is -4.45. The summed E-state index contributed by atoms with van der Waals surface area (Å²) in [4.78, 5) is 11.3. The molecule has 1 N–H and O–H groups in total. The Balaban J connectivity index is 0.00000190. The maximum atomic E-state index is 13.0. The molecule has 1 unspecified atom stereocenters. The SMILES string of the molecule is CC.CNC(C)c1ccc(OCC(=O)OC)c(-c2cccc(C(F)(F)F)c2)c1. The van der Waals surface area contributed by atoms with Gasteiger partial charge < -0.3 is 14.8 Å². The maximum Gasteiger partial charge on any atom is 0.416 e. The molecule has 1 atom stereocenters. The summed E-state index contributed by atoms with van der Waals surface area (Å²) in [5, 5.41) is 3.08. The van der Waals surface area contributed by atoms with Crippen molar-refractivity contribution in [2.45, 2.75) is 33.0 Å². The number of alkyl halides is 3. The van der Waals surface area contributed by atoms with Gasteiger partial charge >= 0.3 is 12.1 Å². The maximum absolute atomic E-state index is 13.0. The van der Waals surface area contributed by atoms with Gasteiger partial charge in [0.15, 0.2) is 6.61 Å². The molecule has 0 heterocycles. The Hall–Kier alpha value is -2.54. The van der Waals surface area contributed by atoms with Crippen LogP contribution in [-0.4, -0.2) is 26.7 Å². The van der Waals surface area contributed by atoms with E-state index in [2.05, 4.69) is 10.1 Å². The van der Waals surface area contributed by atoms with E-state index in [1.165, 1.54) is 13.2 Å². The Kier molecular flexibility index (Phi) is 8.99. The molecule has 2 rings (SSSR count).